The molecular formula is C17H22NO8P. The van der Waals surface area contributed by atoms with E-state index in [1.54, 1.807) is 0 Å². The summed E-state index contributed by atoms with van der Waals surface area (Å²) in [7, 11) is -3.79. The molecule has 148 valence electrons. The predicted octanol–water partition coefficient (Wildman–Crippen LogP) is 3.82. The Morgan fingerprint density at radius 3 is 2.11 bits per heavy atom. The summed E-state index contributed by atoms with van der Waals surface area (Å²) in [6, 6.07) is 5.24. The molecule has 2 heterocycles. The van der Waals surface area contributed by atoms with Gasteiger partial charge in [-0.15, -0.1) is 0 Å². The van der Waals surface area contributed by atoms with Crippen molar-refractivity contribution in [2.45, 2.75) is 37.9 Å². The summed E-state index contributed by atoms with van der Waals surface area (Å²) in [6.45, 7) is 1.11. The van der Waals surface area contributed by atoms with Gasteiger partial charge in [0.15, 0.2) is 5.79 Å². The minimum atomic E-state index is -3.79. The maximum atomic E-state index is 12.7. The maximum Gasteiger partial charge on any atom is 0.530 e. The fourth-order valence-corrected chi connectivity index (χ4v) is 4.94. The summed E-state index contributed by atoms with van der Waals surface area (Å²) in [5, 5.41) is 10.7. The Labute approximate surface area is 156 Å². The maximum absolute atomic E-state index is 12.7. The van der Waals surface area contributed by atoms with Gasteiger partial charge in [-0.3, -0.25) is 19.2 Å². The fraction of sp³-hybridized carbons (Fsp3) is 0.647. The molecule has 27 heavy (non-hydrogen) atoms. The van der Waals surface area contributed by atoms with Crippen LogP contribution in [0, 0.1) is 15.5 Å². The van der Waals surface area contributed by atoms with Gasteiger partial charge in [-0.05, 0) is 25.0 Å². The molecule has 1 saturated carbocycles. The molecule has 1 aromatic rings. The number of phosphoric ester groups is 1. The van der Waals surface area contributed by atoms with Crippen molar-refractivity contribution in [2.24, 2.45) is 5.41 Å². The molecule has 1 aliphatic carbocycles. The summed E-state index contributed by atoms with van der Waals surface area (Å²) in [4.78, 5) is 10.2. The van der Waals surface area contributed by atoms with Crippen LogP contribution in [0.15, 0.2) is 24.3 Å². The fourth-order valence-electron chi connectivity index (χ4n) is 3.52. The topological polar surface area (TPSA) is 106 Å². The van der Waals surface area contributed by atoms with Gasteiger partial charge in [-0.25, -0.2) is 4.57 Å². The molecule has 3 aliphatic rings. The first-order valence-corrected chi connectivity index (χ1v) is 10.5. The van der Waals surface area contributed by atoms with Crippen LogP contribution in [-0.4, -0.2) is 37.1 Å². The van der Waals surface area contributed by atoms with E-state index in [2.05, 4.69) is 0 Å². The molecule has 2 aliphatic heterocycles. The minimum Gasteiger partial charge on any atom is -0.404 e. The molecule has 1 aromatic carbocycles. The third-order valence-corrected chi connectivity index (χ3v) is 6.55. The van der Waals surface area contributed by atoms with Crippen LogP contribution >= 0.6 is 7.82 Å². The zero-order valence-electron chi connectivity index (χ0n) is 14.8. The molecular weight excluding hydrogens is 377 g/mol. The summed E-state index contributed by atoms with van der Waals surface area (Å²) in [5.74, 6) is -0.308. The number of hydrogen-bond acceptors (Lipinski definition) is 8. The number of benzene rings is 1. The van der Waals surface area contributed by atoms with E-state index in [0.29, 0.717) is 13.2 Å². The highest BCUT2D eigenvalue weighted by atomic mass is 31.2. The quantitative estimate of drug-likeness (QED) is 0.429. The van der Waals surface area contributed by atoms with Crippen molar-refractivity contribution in [3.63, 3.8) is 0 Å². The van der Waals surface area contributed by atoms with Gasteiger partial charge in [0.2, 0.25) is 0 Å². The van der Waals surface area contributed by atoms with Crippen molar-refractivity contribution in [1.82, 2.24) is 0 Å². The number of non-ortho nitro benzene ring substituents is 1. The number of nitro groups is 1. The average molecular weight is 399 g/mol. The van der Waals surface area contributed by atoms with Crippen molar-refractivity contribution in [3.8, 4) is 5.75 Å². The summed E-state index contributed by atoms with van der Waals surface area (Å²) >= 11 is 0. The van der Waals surface area contributed by atoms with E-state index in [1.807, 2.05) is 0 Å². The second-order valence-electron chi connectivity index (χ2n) is 7.39. The first-order valence-electron chi connectivity index (χ1n) is 9.03. The Morgan fingerprint density at radius 2 is 1.56 bits per heavy atom. The van der Waals surface area contributed by atoms with Crippen molar-refractivity contribution >= 4 is 13.5 Å². The standard InChI is InChI=1S/C17H22NO8P/c19-18(20)14-4-6-15(7-5-14)26-27(21)24-12-16(13-25-27)10-22-17(23-11-16)8-2-1-3-9-17/h4-7H,1-3,8-13H2. The Hall–Kier alpha value is -1.51. The number of hydrogen-bond donors (Lipinski definition) is 0. The predicted molar refractivity (Wildman–Crippen MR) is 93.4 cm³/mol. The van der Waals surface area contributed by atoms with Crippen LogP contribution in [0.2, 0.25) is 0 Å². The SMILES string of the molecule is O=[N+]([O-])c1ccc(OP2(=O)OCC3(COC4(CCCCC4)OC3)CO2)cc1. The van der Waals surface area contributed by atoms with Gasteiger partial charge in [0.25, 0.3) is 5.69 Å². The third kappa shape index (κ3) is 4.02. The number of rotatable bonds is 3. The first kappa shape index (κ1) is 18.8. The molecule has 4 rings (SSSR count). The van der Waals surface area contributed by atoms with Crippen molar-refractivity contribution in [2.75, 3.05) is 26.4 Å². The van der Waals surface area contributed by atoms with Crippen molar-refractivity contribution < 1.29 is 32.5 Å². The average Bonchev–Trinajstić information content (AvgIpc) is 2.68. The van der Waals surface area contributed by atoms with Gasteiger partial charge >= 0.3 is 7.82 Å². The van der Waals surface area contributed by atoms with E-state index in [9.17, 15) is 14.7 Å². The first-order chi connectivity index (χ1) is 12.9. The molecule has 0 atom stereocenters. The third-order valence-electron chi connectivity index (χ3n) is 5.22. The highest BCUT2D eigenvalue weighted by Crippen LogP contribution is 2.55. The minimum absolute atomic E-state index is 0.0850. The Kier molecular flexibility index (Phi) is 4.98. The number of phosphoric acid groups is 1. The van der Waals surface area contributed by atoms with Crippen LogP contribution in [0.3, 0.4) is 0 Å². The Bertz CT molecular complexity index is 722. The number of nitrogens with zero attached hydrogens (tertiary/aromatic N) is 1. The lowest BCUT2D eigenvalue weighted by Crippen LogP contribution is -2.55. The van der Waals surface area contributed by atoms with Crippen LogP contribution < -0.4 is 4.52 Å². The highest BCUT2D eigenvalue weighted by Gasteiger charge is 2.51. The highest BCUT2D eigenvalue weighted by molar-refractivity contribution is 7.49. The molecule has 0 radical (unpaired) electrons. The summed E-state index contributed by atoms with van der Waals surface area (Å²) < 4.78 is 40.9. The zero-order chi connectivity index (χ0) is 19.0. The van der Waals surface area contributed by atoms with Gasteiger partial charge < -0.3 is 14.0 Å². The van der Waals surface area contributed by atoms with Crippen LogP contribution in [0.5, 0.6) is 5.75 Å². The monoisotopic (exact) mass is 399 g/mol. The van der Waals surface area contributed by atoms with E-state index < -0.39 is 23.9 Å². The lowest BCUT2D eigenvalue weighted by atomic mass is 9.88. The van der Waals surface area contributed by atoms with Gasteiger partial charge in [-0.2, -0.15) is 0 Å². The lowest BCUT2D eigenvalue weighted by Gasteiger charge is -2.48. The van der Waals surface area contributed by atoms with Crippen LogP contribution in [0.1, 0.15) is 32.1 Å². The lowest BCUT2D eigenvalue weighted by molar-refractivity contribution is -0.384. The second kappa shape index (κ2) is 7.14. The molecule has 10 heteroatoms. The molecule has 0 aromatic heterocycles. The van der Waals surface area contributed by atoms with Gasteiger partial charge in [-0.1, -0.05) is 6.42 Å². The smallest absolute Gasteiger partial charge is 0.404 e. The van der Waals surface area contributed by atoms with Gasteiger partial charge in [0.05, 0.1) is 36.8 Å². The molecule has 0 amide bonds. The molecule has 3 fully saturated rings. The van der Waals surface area contributed by atoms with E-state index in [0.717, 1.165) is 25.7 Å². The largest absolute Gasteiger partial charge is 0.530 e. The molecule has 0 bridgehead atoms. The van der Waals surface area contributed by atoms with Crippen LogP contribution in [-0.2, 0) is 23.1 Å². The number of nitro benzene ring substituents is 1. The zero-order valence-corrected chi connectivity index (χ0v) is 15.7. The molecule has 0 N–H and O–H groups in total. The normalized spacial score (nSPS) is 25.9. The van der Waals surface area contributed by atoms with E-state index in [4.69, 9.17) is 23.0 Å². The van der Waals surface area contributed by atoms with Crippen molar-refractivity contribution in [1.29, 1.82) is 0 Å². The van der Waals surface area contributed by atoms with E-state index in [1.165, 1.54) is 30.7 Å². The Morgan fingerprint density at radius 1 is 0.963 bits per heavy atom. The summed E-state index contributed by atoms with van der Waals surface area (Å²) in [5.41, 5.74) is -0.590. The molecule has 0 unspecified atom stereocenters. The molecule has 2 spiro atoms. The van der Waals surface area contributed by atoms with Crippen LogP contribution in [0.4, 0.5) is 5.69 Å². The Balaban J connectivity index is 1.34. The summed E-state index contributed by atoms with van der Waals surface area (Å²) in [6.07, 6.45) is 5.19. The van der Waals surface area contributed by atoms with Gasteiger partial charge in [0, 0.05) is 25.0 Å². The van der Waals surface area contributed by atoms with Crippen LogP contribution in [0.25, 0.3) is 0 Å². The number of ether oxygens (including phenoxy) is 2. The van der Waals surface area contributed by atoms with Gasteiger partial charge in [0.1, 0.15) is 5.75 Å². The van der Waals surface area contributed by atoms with Crippen molar-refractivity contribution in [3.05, 3.63) is 34.4 Å². The van der Waals surface area contributed by atoms with E-state index in [-0.39, 0.29) is 24.7 Å². The second-order valence-corrected chi connectivity index (χ2v) is 8.98. The van der Waals surface area contributed by atoms with E-state index >= 15 is 0 Å². The molecule has 2 saturated heterocycles. The molecule has 9 nitrogen and oxygen atoms in total.